The zero-order valence-corrected chi connectivity index (χ0v) is 14.2. The molecule has 0 saturated heterocycles. The van der Waals surface area contributed by atoms with E-state index in [-0.39, 0.29) is 5.91 Å². The maximum atomic E-state index is 12.7. The minimum atomic E-state index is -0.123. The third kappa shape index (κ3) is 2.19. The van der Waals surface area contributed by atoms with Crippen LogP contribution in [0.3, 0.4) is 0 Å². The number of imidazole rings is 1. The van der Waals surface area contributed by atoms with Crippen molar-refractivity contribution in [2.24, 2.45) is 0 Å². The SMILES string of the molecule is CN1Cc2c(-c3noc(C4CC4)n3)ncn2-c2cccc(Cl)c2C1=O. The van der Waals surface area contributed by atoms with Crippen LogP contribution in [0.1, 0.15) is 40.7 Å². The lowest BCUT2D eigenvalue weighted by Gasteiger charge is -2.14. The molecule has 1 aliphatic heterocycles. The van der Waals surface area contributed by atoms with Crippen molar-refractivity contribution in [2.45, 2.75) is 25.3 Å². The molecule has 7 nitrogen and oxygen atoms in total. The molecule has 8 heteroatoms. The van der Waals surface area contributed by atoms with Crippen molar-refractivity contribution < 1.29 is 9.32 Å². The molecule has 3 aromatic rings. The Morgan fingerprint density at radius 2 is 2.16 bits per heavy atom. The summed E-state index contributed by atoms with van der Waals surface area (Å²) in [6, 6.07) is 5.40. The van der Waals surface area contributed by atoms with Crippen molar-refractivity contribution in [3.8, 4) is 17.2 Å². The van der Waals surface area contributed by atoms with Gasteiger partial charge in [0.15, 0.2) is 0 Å². The number of carbonyl (C=O) groups excluding carboxylic acids is 1. The molecule has 2 aliphatic rings. The van der Waals surface area contributed by atoms with Gasteiger partial charge in [-0.2, -0.15) is 4.98 Å². The van der Waals surface area contributed by atoms with Crippen LogP contribution in [0.2, 0.25) is 5.02 Å². The van der Waals surface area contributed by atoms with Gasteiger partial charge in [-0.25, -0.2) is 4.98 Å². The van der Waals surface area contributed by atoms with Crippen LogP contribution in [-0.2, 0) is 6.54 Å². The van der Waals surface area contributed by atoms with Gasteiger partial charge in [-0.3, -0.25) is 9.36 Å². The second-order valence-electron chi connectivity index (χ2n) is 6.44. The molecule has 5 rings (SSSR count). The Labute approximate surface area is 148 Å². The molecule has 1 amide bonds. The molecule has 1 aliphatic carbocycles. The lowest BCUT2D eigenvalue weighted by molar-refractivity contribution is 0.0788. The van der Waals surface area contributed by atoms with Crippen LogP contribution in [0.4, 0.5) is 0 Å². The highest BCUT2D eigenvalue weighted by Crippen LogP contribution is 2.40. The minimum Gasteiger partial charge on any atom is -0.339 e. The second kappa shape index (κ2) is 5.16. The molecule has 25 heavy (non-hydrogen) atoms. The number of hydrogen-bond acceptors (Lipinski definition) is 5. The summed E-state index contributed by atoms with van der Waals surface area (Å²) >= 11 is 6.29. The molecule has 1 aromatic carbocycles. The van der Waals surface area contributed by atoms with Gasteiger partial charge in [-0.05, 0) is 25.0 Å². The molecule has 1 fully saturated rings. The van der Waals surface area contributed by atoms with E-state index >= 15 is 0 Å². The second-order valence-corrected chi connectivity index (χ2v) is 6.84. The summed E-state index contributed by atoms with van der Waals surface area (Å²) in [6.45, 7) is 0.381. The van der Waals surface area contributed by atoms with Gasteiger partial charge in [0.05, 0.1) is 28.5 Å². The van der Waals surface area contributed by atoms with E-state index in [0.717, 1.165) is 18.5 Å². The molecule has 0 atom stereocenters. The van der Waals surface area contributed by atoms with E-state index in [1.807, 2.05) is 16.7 Å². The Hall–Kier alpha value is -2.67. The van der Waals surface area contributed by atoms with Crippen LogP contribution in [0, 0.1) is 0 Å². The smallest absolute Gasteiger partial charge is 0.257 e. The third-order valence-electron chi connectivity index (χ3n) is 4.65. The number of nitrogens with zero attached hydrogens (tertiary/aromatic N) is 5. The lowest BCUT2D eigenvalue weighted by atomic mass is 10.1. The Morgan fingerprint density at radius 1 is 1.32 bits per heavy atom. The third-order valence-corrected chi connectivity index (χ3v) is 4.96. The highest BCUT2D eigenvalue weighted by Gasteiger charge is 2.32. The highest BCUT2D eigenvalue weighted by molar-refractivity contribution is 6.34. The van der Waals surface area contributed by atoms with Crippen molar-refractivity contribution in [2.75, 3.05) is 7.05 Å². The molecular weight excluding hydrogens is 342 g/mol. The number of carbonyl (C=O) groups is 1. The molecular formula is C17H14ClN5O2. The van der Waals surface area contributed by atoms with Crippen molar-refractivity contribution >= 4 is 17.5 Å². The fourth-order valence-electron chi connectivity index (χ4n) is 3.16. The molecule has 0 unspecified atom stereocenters. The topological polar surface area (TPSA) is 77.1 Å². The van der Waals surface area contributed by atoms with Crippen LogP contribution >= 0.6 is 11.6 Å². The van der Waals surface area contributed by atoms with Crippen molar-refractivity contribution in [1.29, 1.82) is 0 Å². The summed E-state index contributed by atoms with van der Waals surface area (Å²) in [5.41, 5.74) is 2.64. The molecule has 0 bridgehead atoms. The number of hydrogen-bond donors (Lipinski definition) is 0. The first kappa shape index (κ1) is 14.7. The van der Waals surface area contributed by atoms with Crippen molar-refractivity contribution in [1.82, 2.24) is 24.6 Å². The van der Waals surface area contributed by atoms with Gasteiger partial charge in [0, 0.05) is 13.0 Å². The van der Waals surface area contributed by atoms with Gasteiger partial charge in [0.1, 0.15) is 12.0 Å². The average molecular weight is 356 g/mol. The number of rotatable bonds is 2. The maximum Gasteiger partial charge on any atom is 0.257 e. The molecule has 0 N–H and O–H groups in total. The zero-order valence-electron chi connectivity index (χ0n) is 13.4. The number of fused-ring (bicyclic) bond motifs is 3. The molecule has 0 spiro atoms. The van der Waals surface area contributed by atoms with Crippen LogP contribution in [0.5, 0.6) is 0 Å². The van der Waals surface area contributed by atoms with E-state index < -0.39 is 0 Å². The van der Waals surface area contributed by atoms with Crippen molar-refractivity contribution in [3.63, 3.8) is 0 Å². The van der Waals surface area contributed by atoms with Crippen LogP contribution < -0.4 is 0 Å². The summed E-state index contributed by atoms with van der Waals surface area (Å²) < 4.78 is 7.24. The largest absolute Gasteiger partial charge is 0.339 e. The Balaban J connectivity index is 1.69. The predicted molar refractivity (Wildman–Crippen MR) is 89.6 cm³/mol. The Morgan fingerprint density at radius 3 is 2.96 bits per heavy atom. The van der Waals surface area contributed by atoms with Gasteiger partial charge in [-0.15, -0.1) is 0 Å². The van der Waals surface area contributed by atoms with Crippen LogP contribution in [0.25, 0.3) is 17.2 Å². The number of amides is 1. The quantitative estimate of drug-likeness (QED) is 0.706. The first-order valence-corrected chi connectivity index (χ1v) is 8.46. The van der Waals surface area contributed by atoms with Crippen molar-refractivity contribution in [3.05, 3.63) is 46.7 Å². The van der Waals surface area contributed by atoms with Gasteiger partial charge in [0.2, 0.25) is 11.7 Å². The Bertz CT molecular complexity index is 1000. The first-order valence-electron chi connectivity index (χ1n) is 8.08. The number of halogens is 1. The van der Waals surface area contributed by atoms with E-state index in [4.69, 9.17) is 16.1 Å². The molecule has 1 saturated carbocycles. The van der Waals surface area contributed by atoms with Gasteiger partial charge >= 0.3 is 0 Å². The van der Waals surface area contributed by atoms with E-state index in [2.05, 4.69) is 15.1 Å². The maximum absolute atomic E-state index is 12.7. The zero-order chi connectivity index (χ0) is 17.1. The fourth-order valence-corrected chi connectivity index (χ4v) is 3.41. The van der Waals surface area contributed by atoms with E-state index in [1.165, 1.54) is 0 Å². The summed E-state index contributed by atoms with van der Waals surface area (Å²) in [6.07, 6.45) is 3.86. The molecule has 3 heterocycles. The highest BCUT2D eigenvalue weighted by atomic mass is 35.5. The normalized spacial score (nSPS) is 16.6. The van der Waals surface area contributed by atoms with Gasteiger partial charge in [-0.1, -0.05) is 22.8 Å². The Kier molecular flexibility index (Phi) is 3.03. The summed E-state index contributed by atoms with van der Waals surface area (Å²) in [5.74, 6) is 1.38. The lowest BCUT2D eigenvalue weighted by Crippen LogP contribution is -2.25. The number of benzene rings is 1. The standard InChI is InChI=1S/C17H14ClN5O2/c1-22-7-12-14(15-20-16(25-21-15)9-5-6-9)19-8-23(12)11-4-2-3-10(18)13(11)17(22)24/h2-4,8-9H,5-7H2,1H3. The van der Waals surface area contributed by atoms with E-state index in [9.17, 15) is 4.79 Å². The van der Waals surface area contributed by atoms with Gasteiger partial charge < -0.3 is 9.42 Å². The summed E-state index contributed by atoms with van der Waals surface area (Å²) in [5, 5.41) is 4.51. The van der Waals surface area contributed by atoms with E-state index in [0.29, 0.717) is 46.1 Å². The minimum absolute atomic E-state index is 0.123. The molecule has 126 valence electrons. The van der Waals surface area contributed by atoms with Crippen LogP contribution in [0.15, 0.2) is 29.0 Å². The fraction of sp³-hybridized carbons (Fsp3) is 0.294. The summed E-state index contributed by atoms with van der Waals surface area (Å²) in [7, 11) is 1.74. The first-order chi connectivity index (χ1) is 12.1. The predicted octanol–water partition coefficient (Wildman–Crippen LogP) is 3.04. The number of aromatic nitrogens is 4. The summed E-state index contributed by atoms with van der Waals surface area (Å²) in [4.78, 5) is 23.3. The van der Waals surface area contributed by atoms with Gasteiger partial charge in [0.25, 0.3) is 5.91 Å². The molecule has 0 radical (unpaired) electrons. The van der Waals surface area contributed by atoms with Crippen LogP contribution in [-0.4, -0.2) is 37.5 Å². The molecule has 2 aromatic heterocycles. The van der Waals surface area contributed by atoms with E-state index in [1.54, 1.807) is 24.3 Å². The monoisotopic (exact) mass is 355 g/mol. The average Bonchev–Trinajstić information content (AvgIpc) is 3.22.